The number of rotatable bonds is 6. The molecule has 2 rings (SSSR count). The Bertz CT molecular complexity index is 548. The van der Waals surface area contributed by atoms with Gasteiger partial charge < -0.3 is 5.32 Å². The van der Waals surface area contributed by atoms with Crippen LogP contribution in [0.2, 0.25) is 0 Å². The lowest BCUT2D eigenvalue weighted by Crippen LogP contribution is -2.26. The predicted octanol–water partition coefficient (Wildman–Crippen LogP) is 2.38. The van der Waals surface area contributed by atoms with E-state index in [1.165, 1.54) is 12.1 Å². The highest BCUT2D eigenvalue weighted by Gasteiger charge is 2.16. The van der Waals surface area contributed by atoms with Gasteiger partial charge in [0.25, 0.3) is 0 Å². The molecule has 6 heteroatoms. The first kappa shape index (κ1) is 14.6. The van der Waals surface area contributed by atoms with E-state index in [9.17, 15) is 8.78 Å². The van der Waals surface area contributed by atoms with Crippen LogP contribution in [0.1, 0.15) is 30.6 Å². The van der Waals surface area contributed by atoms with Crippen LogP contribution in [0.3, 0.4) is 0 Å². The summed E-state index contributed by atoms with van der Waals surface area (Å²) in [5, 5.41) is 11.1. The summed E-state index contributed by atoms with van der Waals surface area (Å²) in [4.78, 5) is 0. The number of nitrogens with zero attached hydrogens (tertiary/aromatic N) is 3. The molecule has 0 radical (unpaired) electrons. The molecular formula is C14H18F2N4. The van der Waals surface area contributed by atoms with Crippen molar-refractivity contribution >= 4 is 0 Å². The molecule has 1 unspecified atom stereocenters. The summed E-state index contributed by atoms with van der Waals surface area (Å²) >= 11 is 0. The molecular weight excluding hydrogens is 262 g/mol. The average molecular weight is 280 g/mol. The minimum absolute atomic E-state index is 0.0730. The summed E-state index contributed by atoms with van der Waals surface area (Å²) in [5.74, 6) is -1.12. The third-order valence-electron chi connectivity index (χ3n) is 3.11. The predicted molar refractivity (Wildman–Crippen MR) is 72.1 cm³/mol. The number of nitrogens with one attached hydrogen (secondary N) is 1. The number of benzene rings is 1. The van der Waals surface area contributed by atoms with Crippen molar-refractivity contribution in [2.45, 2.75) is 25.8 Å². The van der Waals surface area contributed by atoms with Crippen molar-refractivity contribution in [2.24, 2.45) is 7.05 Å². The second-order valence-electron chi connectivity index (χ2n) is 4.77. The molecule has 1 heterocycles. The molecule has 0 saturated carbocycles. The average Bonchev–Trinajstić information content (AvgIpc) is 2.79. The third-order valence-corrected chi connectivity index (χ3v) is 3.11. The van der Waals surface area contributed by atoms with Gasteiger partial charge in [-0.3, -0.25) is 4.68 Å². The molecule has 0 saturated heterocycles. The molecule has 1 atom stereocenters. The van der Waals surface area contributed by atoms with Crippen molar-refractivity contribution in [3.8, 4) is 0 Å². The third kappa shape index (κ3) is 3.60. The van der Waals surface area contributed by atoms with Crippen LogP contribution in [-0.4, -0.2) is 21.5 Å². The molecule has 4 nitrogen and oxygen atoms in total. The molecule has 0 bridgehead atoms. The van der Waals surface area contributed by atoms with Crippen molar-refractivity contribution in [1.29, 1.82) is 0 Å². The zero-order chi connectivity index (χ0) is 14.5. The van der Waals surface area contributed by atoms with Crippen molar-refractivity contribution in [3.05, 3.63) is 47.3 Å². The van der Waals surface area contributed by atoms with Gasteiger partial charge in [-0.1, -0.05) is 12.1 Å². The van der Waals surface area contributed by atoms with Crippen molar-refractivity contribution in [1.82, 2.24) is 20.3 Å². The summed E-state index contributed by atoms with van der Waals surface area (Å²) in [6, 6.07) is 3.51. The summed E-state index contributed by atoms with van der Waals surface area (Å²) in [7, 11) is 1.80. The van der Waals surface area contributed by atoms with Gasteiger partial charge in [-0.15, -0.1) is 5.10 Å². The van der Waals surface area contributed by atoms with Gasteiger partial charge in [0.1, 0.15) is 11.6 Å². The Morgan fingerprint density at radius 2 is 1.95 bits per heavy atom. The van der Waals surface area contributed by atoms with Gasteiger partial charge in [0.05, 0.1) is 17.9 Å². The van der Waals surface area contributed by atoms with Gasteiger partial charge >= 0.3 is 0 Å². The maximum Gasteiger partial charge on any atom is 0.126 e. The van der Waals surface area contributed by atoms with E-state index in [2.05, 4.69) is 22.6 Å². The first-order chi connectivity index (χ1) is 9.60. The Hall–Kier alpha value is -1.82. The monoisotopic (exact) mass is 280 g/mol. The molecule has 108 valence electrons. The Balaban J connectivity index is 2.21. The lowest BCUT2D eigenvalue weighted by Gasteiger charge is -2.18. The highest BCUT2D eigenvalue weighted by atomic mass is 19.1. The van der Waals surface area contributed by atoms with Crippen LogP contribution in [0.25, 0.3) is 0 Å². The van der Waals surface area contributed by atoms with Gasteiger partial charge in [-0.05, 0) is 37.1 Å². The molecule has 20 heavy (non-hydrogen) atoms. The SMILES string of the molecule is CCCNC(Cc1cc(F)cc(F)c1)c1cnnn1C. The summed E-state index contributed by atoms with van der Waals surface area (Å²) < 4.78 is 28.2. The van der Waals surface area contributed by atoms with E-state index in [1.54, 1.807) is 17.9 Å². The van der Waals surface area contributed by atoms with E-state index >= 15 is 0 Å². The molecule has 1 N–H and O–H groups in total. The van der Waals surface area contributed by atoms with Crippen LogP contribution >= 0.6 is 0 Å². The fourth-order valence-corrected chi connectivity index (χ4v) is 2.18. The van der Waals surface area contributed by atoms with Gasteiger partial charge in [0, 0.05) is 13.1 Å². The fourth-order valence-electron chi connectivity index (χ4n) is 2.18. The molecule has 0 aliphatic carbocycles. The van der Waals surface area contributed by atoms with Gasteiger partial charge in [0.15, 0.2) is 0 Å². The Morgan fingerprint density at radius 1 is 1.25 bits per heavy atom. The summed E-state index contributed by atoms with van der Waals surface area (Å²) in [5.41, 5.74) is 1.50. The standard InChI is InChI=1S/C14H18F2N4/c1-3-4-17-13(14-9-18-19-20(14)2)7-10-5-11(15)8-12(16)6-10/h5-6,8-9,13,17H,3-4,7H2,1-2H3. The first-order valence-corrected chi connectivity index (χ1v) is 6.63. The van der Waals surface area contributed by atoms with E-state index in [4.69, 9.17) is 0 Å². The number of aromatic nitrogens is 3. The van der Waals surface area contributed by atoms with E-state index in [1.807, 2.05) is 0 Å². The van der Waals surface area contributed by atoms with Crippen LogP contribution in [0.4, 0.5) is 8.78 Å². The highest BCUT2D eigenvalue weighted by Crippen LogP contribution is 2.19. The zero-order valence-electron chi connectivity index (χ0n) is 11.6. The number of aryl methyl sites for hydroxylation is 1. The van der Waals surface area contributed by atoms with Crippen molar-refractivity contribution in [3.63, 3.8) is 0 Å². The minimum Gasteiger partial charge on any atom is -0.308 e. The van der Waals surface area contributed by atoms with Crippen LogP contribution in [-0.2, 0) is 13.5 Å². The second-order valence-corrected chi connectivity index (χ2v) is 4.77. The van der Waals surface area contributed by atoms with E-state index in [0.29, 0.717) is 12.0 Å². The van der Waals surface area contributed by atoms with Crippen LogP contribution in [0, 0.1) is 11.6 Å². The fraction of sp³-hybridized carbons (Fsp3) is 0.429. The smallest absolute Gasteiger partial charge is 0.126 e. The Morgan fingerprint density at radius 3 is 2.50 bits per heavy atom. The van der Waals surface area contributed by atoms with Crippen LogP contribution < -0.4 is 5.32 Å². The molecule has 0 amide bonds. The summed E-state index contributed by atoms with van der Waals surface area (Å²) in [6.45, 7) is 2.88. The Labute approximate surface area is 116 Å². The zero-order valence-corrected chi connectivity index (χ0v) is 11.6. The van der Waals surface area contributed by atoms with Gasteiger partial charge in [-0.2, -0.15) is 0 Å². The van der Waals surface area contributed by atoms with Gasteiger partial charge in [-0.25, -0.2) is 8.78 Å². The number of halogens is 2. The normalized spacial score (nSPS) is 12.6. The van der Waals surface area contributed by atoms with Crippen molar-refractivity contribution in [2.75, 3.05) is 6.54 Å². The van der Waals surface area contributed by atoms with E-state index in [-0.39, 0.29) is 6.04 Å². The van der Waals surface area contributed by atoms with Crippen LogP contribution in [0.5, 0.6) is 0 Å². The van der Waals surface area contributed by atoms with Crippen LogP contribution in [0.15, 0.2) is 24.4 Å². The highest BCUT2D eigenvalue weighted by molar-refractivity contribution is 5.20. The first-order valence-electron chi connectivity index (χ1n) is 6.63. The number of hydrogen-bond donors (Lipinski definition) is 1. The lowest BCUT2D eigenvalue weighted by molar-refractivity contribution is 0.489. The Kier molecular flexibility index (Phi) is 4.79. The lowest BCUT2D eigenvalue weighted by atomic mass is 10.0. The van der Waals surface area contributed by atoms with Gasteiger partial charge in [0.2, 0.25) is 0 Å². The van der Waals surface area contributed by atoms with E-state index in [0.717, 1.165) is 24.7 Å². The molecule has 2 aromatic rings. The quantitative estimate of drug-likeness (QED) is 0.883. The summed E-state index contributed by atoms with van der Waals surface area (Å²) in [6.07, 6.45) is 3.12. The van der Waals surface area contributed by atoms with Crippen molar-refractivity contribution < 1.29 is 8.78 Å². The second kappa shape index (κ2) is 6.56. The maximum atomic E-state index is 13.3. The molecule has 0 fully saturated rings. The molecule has 0 aliphatic rings. The maximum absolute atomic E-state index is 13.3. The van der Waals surface area contributed by atoms with E-state index < -0.39 is 11.6 Å². The topological polar surface area (TPSA) is 42.7 Å². The largest absolute Gasteiger partial charge is 0.308 e. The molecule has 0 spiro atoms. The number of hydrogen-bond acceptors (Lipinski definition) is 3. The molecule has 0 aliphatic heterocycles. The minimum atomic E-state index is -0.558. The molecule has 1 aromatic carbocycles. The molecule has 1 aromatic heterocycles.